The Bertz CT molecular complexity index is 1220. The molecule has 0 amide bonds. The van der Waals surface area contributed by atoms with E-state index in [1.165, 1.54) is 15.9 Å². The van der Waals surface area contributed by atoms with Crippen LogP contribution >= 0.6 is 11.3 Å². The topological polar surface area (TPSA) is 87.7 Å². The van der Waals surface area contributed by atoms with Gasteiger partial charge < -0.3 is 9.47 Å². The molecule has 0 saturated carbocycles. The number of fused-ring (bicyclic) bond motifs is 3. The number of aromatic nitrogens is 4. The van der Waals surface area contributed by atoms with E-state index in [1.54, 1.807) is 35.7 Å². The fraction of sp³-hybridized carbons (Fsp3) is 0.300. The van der Waals surface area contributed by atoms with Crippen molar-refractivity contribution in [1.82, 2.24) is 19.2 Å². The van der Waals surface area contributed by atoms with Crippen LogP contribution in [0.3, 0.4) is 0 Å². The van der Waals surface area contributed by atoms with Crippen LogP contribution in [0.1, 0.15) is 35.9 Å². The van der Waals surface area contributed by atoms with Gasteiger partial charge in [-0.05, 0) is 42.1 Å². The Hall–Kier alpha value is -3.20. The molecule has 8 nitrogen and oxygen atoms in total. The number of rotatable bonds is 7. The second-order valence-electron chi connectivity index (χ2n) is 6.55. The largest absolute Gasteiger partial charge is 0.494 e. The molecule has 4 aromatic rings. The number of aryl methyl sites for hydroxylation is 1. The van der Waals surface area contributed by atoms with Crippen LogP contribution in [-0.2, 0) is 18.4 Å². The lowest BCUT2D eigenvalue weighted by Crippen LogP contribution is -2.19. The van der Waals surface area contributed by atoms with E-state index in [2.05, 4.69) is 17.1 Å². The third-order valence-corrected chi connectivity index (χ3v) is 5.48. The van der Waals surface area contributed by atoms with Crippen LogP contribution in [-0.4, -0.2) is 31.7 Å². The fourth-order valence-electron chi connectivity index (χ4n) is 2.98. The molecule has 0 fully saturated rings. The number of esters is 1. The maximum Gasteiger partial charge on any atom is 0.338 e. The van der Waals surface area contributed by atoms with Gasteiger partial charge in [0, 0.05) is 7.05 Å². The molecule has 0 spiro atoms. The number of carbonyl (C=O) groups is 1. The average molecular weight is 412 g/mol. The van der Waals surface area contributed by atoms with Crippen LogP contribution in [0.15, 0.2) is 40.5 Å². The number of unbranched alkanes of at least 4 members (excludes halogenated alkanes) is 1. The van der Waals surface area contributed by atoms with Gasteiger partial charge in [-0.1, -0.05) is 13.3 Å². The Morgan fingerprint density at radius 3 is 2.72 bits per heavy atom. The molecule has 9 heteroatoms. The normalized spacial score (nSPS) is 11.2. The average Bonchev–Trinajstić information content (AvgIpc) is 3.38. The molecule has 0 unspecified atom stereocenters. The predicted molar refractivity (Wildman–Crippen MR) is 110 cm³/mol. The third-order valence-electron chi connectivity index (χ3n) is 4.59. The van der Waals surface area contributed by atoms with Crippen LogP contribution in [0.4, 0.5) is 0 Å². The smallest absolute Gasteiger partial charge is 0.338 e. The molecule has 3 aromatic heterocycles. The summed E-state index contributed by atoms with van der Waals surface area (Å²) in [5.74, 6) is 1.11. The lowest BCUT2D eigenvalue weighted by Gasteiger charge is -2.08. The Morgan fingerprint density at radius 1 is 1.17 bits per heavy atom. The Labute approximate surface area is 170 Å². The highest BCUT2D eigenvalue weighted by Gasteiger charge is 2.17. The summed E-state index contributed by atoms with van der Waals surface area (Å²) in [5, 5.41) is 10.0. The van der Waals surface area contributed by atoms with E-state index in [0.717, 1.165) is 18.6 Å². The minimum atomic E-state index is -0.465. The van der Waals surface area contributed by atoms with E-state index in [9.17, 15) is 9.59 Å². The molecule has 4 rings (SSSR count). The van der Waals surface area contributed by atoms with Crippen molar-refractivity contribution in [3.63, 3.8) is 0 Å². The van der Waals surface area contributed by atoms with Crippen molar-refractivity contribution in [2.24, 2.45) is 7.05 Å². The summed E-state index contributed by atoms with van der Waals surface area (Å²) < 4.78 is 14.8. The number of thiophene rings is 1. The molecule has 0 atom stereocenters. The van der Waals surface area contributed by atoms with Crippen molar-refractivity contribution in [2.45, 2.75) is 26.4 Å². The second-order valence-corrected chi connectivity index (χ2v) is 7.47. The molecule has 0 aliphatic heterocycles. The van der Waals surface area contributed by atoms with Crippen LogP contribution in [0.5, 0.6) is 5.75 Å². The Kier molecular flexibility index (Phi) is 5.30. The van der Waals surface area contributed by atoms with E-state index in [1.807, 2.05) is 11.4 Å². The van der Waals surface area contributed by atoms with Crippen molar-refractivity contribution in [3.05, 3.63) is 57.5 Å². The number of hydrogen-bond acceptors (Lipinski definition) is 7. The van der Waals surface area contributed by atoms with Crippen molar-refractivity contribution >= 4 is 33.3 Å². The maximum atomic E-state index is 12.4. The summed E-state index contributed by atoms with van der Waals surface area (Å²) in [6.45, 7) is 2.70. The van der Waals surface area contributed by atoms with E-state index in [4.69, 9.17) is 9.47 Å². The van der Waals surface area contributed by atoms with Gasteiger partial charge in [-0.3, -0.25) is 13.8 Å². The van der Waals surface area contributed by atoms with Gasteiger partial charge in [-0.15, -0.1) is 21.5 Å². The standard InChI is InChI=1S/C20H20N4O4S/c1-3-4-10-27-14-7-5-13(6-8-14)19(26)28-12-16-21-22-20-23(2)18(25)17-15(24(16)20)9-11-29-17/h5-9,11H,3-4,10,12H2,1-2H3. The van der Waals surface area contributed by atoms with Gasteiger partial charge in [-0.25, -0.2) is 4.79 Å². The SMILES string of the molecule is CCCCOc1ccc(C(=O)OCc2nnc3n(C)c(=O)c4sccc4n23)cc1. The van der Waals surface area contributed by atoms with Crippen molar-refractivity contribution in [2.75, 3.05) is 6.61 Å². The summed E-state index contributed by atoms with van der Waals surface area (Å²) >= 11 is 1.36. The van der Waals surface area contributed by atoms with Gasteiger partial charge in [-0.2, -0.15) is 0 Å². The highest BCUT2D eigenvalue weighted by atomic mass is 32.1. The van der Waals surface area contributed by atoms with Crippen molar-refractivity contribution < 1.29 is 14.3 Å². The summed E-state index contributed by atoms with van der Waals surface area (Å²) in [6, 6.07) is 8.69. The predicted octanol–water partition coefficient (Wildman–Crippen LogP) is 3.18. The first-order valence-corrected chi connectivity index (χ1v) is 10.2. The molecular weight excluding hydrogens is 392 g/mol. The quantitative estimate of drug-likeness (QED) is 0.342. The number of carbonyl (C=O) groups excluding carboxylic acids is 1. The molecule has 0 aliphatic rings. The van der Waals surface area contributed by atoms with E-state index in [-0.39, 0.29) is 12.2 Å². The van der Waals surface area contributed by atoms with Gasteiger partial charge in [0.15, 0.2) is 12.4 Å². The summed E-state index contributed by atoms with van der Waals surface area (Å²) in [4.78, 5) is 24.8. The van der Waals surface area contributed by atoms with Gasteiger partial charge in [0.2, 0.25) is 5.78 Å². The first-order chi connectivity index (χ1) is 14.1. The van der Waals surface area contributed by atoms with E-state index >= 15 is 0 Å². The zero-order valence-corrected chi connectivity index (χ0v) is 16.9. The molecule has 0 bridgehead atoms. The molecule has 3 heterocycles. The first kappa shape index (κ1) is 19.1. The van der Waals surface area contributed by atoms with Crippen LogP contribution in [0, 0.1) is 0 Å². The van der Waals surface area contributed by atoms with E-state index in [0.29, 0.717) is 34.0 Å². The third kappa shape index (κ3) is 3.61. The maximum absolute atomic E-state index is 12.4. The minimum absolute atomic E-state index is 0.0576. The van der Waals surface area contributed by atoms with Gasteiger partial charge >= 0.3 is 5.97 Å². The Balaban J connectivity index is 1.51. The molecule has 0 aliphatic carbocycles. The second kappa shape index (κ2) is 8.04. The lowest BCUT2D eigenvalue weighted by atomic mass is 10.2. The van der Waals surface area contributed by atoms with Crippen LogP contribution < -0.4 is 10.3 Å². The van der Waals surface area contributed by atoms with Crippen molar-refractivity contribution in [3.8, 4) is 5.75 Å². The number of benzene rings is 1. The van der Waals surface area contributed by atoms with Crippen LogP contribution in [0.25, 0.3) is 16.0 Å². The molecule has 150 valence electrons. The van der Waals surface area contributed by atoms with Gasteiger partial charge in [0.25, 0.3) is 5.56 Å². The highest BCUT2D eigenvalue weighted by Crippen LogP contribution is 2.20. The zero-order chi connectivity index (χ0) is 20.4. The van der Waals surface area contributed by atoms with Crippen LogP contribution in [0.2, 0.25) is 0 Å². The molecule has 1 aromatic carbocycles. The monoisotopic (exact) mass is 412 g/mol. The van der Waals surface area contributed by atoms with E-state index < -0.39 is 5.97 Å². The summed E-state index contributed by atoms with van der Waals surface area (Å²) in [6.07, 6.45) is 2.05. The number of nitrogens with zero attached hydrogens (tertiary/aromatic N) is 4. The van der Waals surface area contributed by atoms with Crippen molar-refractivity contribution in [1.29, 1.82) is 0 Å². The first-order valence-electron chi connectivity index (χ1n) is 9.30. The van der Waals surface area contributed by atoms with Gasteiger partial charge in [0.1, 0.15) is 10.4 Å². The summed E-state index contributed by atoms with van der Waals surface area (Å²) in [5.41, 5.74) is 1.01. The number of hydrogen-bond donors (Lipinski definition) is 0. The lowest BCUT2D eigenvalue weighted by molar-refractivity contribution is 0.0461. The minimum Gasteiger partial charge on any atom is -0.494 e. The summed E-state index contributed by atoms with van der Waals surface area (Å²) in [7, 11) is 1.64. The molecule has 29 heavy (non-hydrogen) atoms. The molecule has 0 N–H and O–H groups in total. The molecule has 0 saturated heterocycles. The Morgan fingerprint density at radius 2 is 1.97 bits per heavy atom. The molecular formula is C20H20N4O4S. The fourth-order valence-corrected chi connectivity index (χ4v) is 3.83. The van der Waals surface area contributed by atoms with Gasteiger partial charge in [0.05, 0.1) is 17.7 Å². The number of ether oxygens (including phenoxy) is 2. The molecule has 0 radical (unpaired) electrons. The zero-order valence-electron chi connectivity index (χ0n) is 16.1. The highest BCUT2D eigenvalue weighted by molar-refractivity contribution is 7.17.